The zero-order valence-corrected chi connectivity index (χ0v) is 17.8. The molecule has 0 saturated carbocycles. The molecular weight excluding hydrogens is 402 g/mol. The van der Waals surface area contributed by atoms with Gasteiger partial charge in [0.1, 0.15) is 4.90 Å². The molecule has 7 nitrogen and oxygen atoms in total. The van der Waals surface area contributed by atoms with E-state index < -0.39 is 10.0 Å². The summed E-state index contributed by atoms with van der Waals surface area (Å²) >= 11 is 6.19. The van der Waals surface area contributed by atoms with Crippen LogP contribution < -0.4 is 5.32 Å². The lowest BCUT2D eigenvalue weighted by Gasteiger charge is -2.30. The van der Waals surface area contributed by atoms with E-state index in [-0.39, 0.29) is 15.8 Å². The van der Waals surface area contributed by atoms with Crippen LogP contribution in [-0.4, -0.2) is 76.0 Å². The molecule has 1 atom stereocenters. The van der Waals surface area contributed by atoms with Crippen molar-refractivity contribution in [2.24, 2.45) is 5.92 Å². The standard InChI is InChI=1S/C19H28ClN3O4S/c1-15-3-2-7-23(14-15)28(25,26)18-13-16(4-5-17(18)20)19(24)21-6-8-22-9-11-27-12-10-22/h4-5,13,15H,2-3,6-12,14H2,1H3,(H,21,24). The molecule has 2 saturated heterocycles. The first-order chi connectivity index (χ1) is 13.4. The first-order valence-electron chi connectivity index (χ1n) is 9.76. The van der Waals surface area contributed by atoms with Gasteiger partial charge >= 0.3 is 0 Å². The van der Waals surface area contributed by atoms with Gasteiger partial charge in [-0.1, -0.05) is 18.5 Å². The second-order valence-corrected chi connectivity index (χ2v) is 9.78. The molecule has 2 heterocycles. The van der Waals surface area contributed by atoms with Crippen molar-refractivity contribution in [3.8, 4) is 0 Å². The fraction of sp³-hybridized carbons (Fsp3) is 0.632. The van der Waals surface area contributed by atoms with Crippen LogP contribution in [0.15, 0.2) is 23.1 Å². The van der Waals surface area contributed by atoms with Crippen LogP contribution in [0.25, 0.3) is 0 Å². The summed E-state index contributed by atoms with van der Waals surface area (Å²) in [4.78, 5) is 14.7. The molecule has 2 aliphatic rings. The topological polar surface area (TPSA) is 79.0 Å². The van der Waals surface area contributed by atoms with Crippen molar-refractivity contribution in [1.82, 2.24) is 14.5 Å². The highest BCUT2D eigenvalue weighted by Gasteiger charge is 2.30. The molecule has 0 aliphatic carbocycles. The fourth-order valence-electron chi connectivity index (χ4n) is 3.60. The average Bonchev–Trinajstić information content (AvgIpc) is 2.69. The number of morpholine rings is 1. The fourth-order valence-corrected chi connectivity index (χ4v) is 5.70. The van der Waals surface area contributed by atoms with Gasteiger partial charge in [0.05, 0.1) is 18.2 Å². The third kappa shape index (κ3) is 5.24. The number of sulfonamides is 1. The Labute approximate surface area is 172 Å². The van der Waals surface area contributed by atoms with E-state index in [0.29, 0.717) is 44.3 Å². The molecule has 2 aliphatic heterocycles. The van der Waals surface area contributed by atoms with E-state index in [1.807, 2.05) is 6.92 Å². The van der Waals surface area contributed by atoms with Gasteiger partial charge in [0.15, 0.2) is 0 Å². The number of hydrogen-bond donors (Lipinski definition) is 1. The molecule has 1 unspecified atom stereocenters. The van der Waals surface area contributed by atoms with Crippen molar-refractivity contribution in [3.63, 3.8) is 0 Å². The molecule has 9 heteroatoms. The Hall–Kier alpha value is -1.19. The summed E-state index contributed by atoms with van der Waals surface area (Å²) in [5.41, 5.74) is 0.301. The van der Waals surface area contributed by atoms with Gasteiger partial charge in [0.2, 0.25) is 10.0 Å². The van der Waals surface area contributed by atoms with Crippen molar-refractivity contribution in [2.75, 3.05) is 52.5 Å². The minimum atomic E-state index is -3.72. The number of hydrogen-bond acceptors (Lipinski definition) is 5. The van der Waals surface area contributed by atoms with Crippen LogP contribution in [0.5, 0.6) is 0 Å². The highest BCUT2D eigenvalue weighted by molar-refractivity contribution is 7.89. The molecule has 0 radical (unpaired) electrons. The normalized spacial score (nSPS) is 22.1. The van der Waals surface area contributed by atoms with Gasteiger partial charge in [-0.3, -0.25) is 9.69 Å². The van der Waals surface area contributed by atoms with Gasteiger partial charge in [-0.25, -0.2) is 8.42 Å². The highest BCUT2D eigenvalue weighted by Crippen LogP contribution is 2.29. The SMILES string of the molecule is CC1CCCN(S(=O)(=O)c2cc(C(=O)NCCN3CCOCC3)ccc2Cl)C1. The van der Waals surface area contributed by atoms with Crippen molar-refractivity contribution in [3.05, 3.63) is 28.8 Å². The second kappa shape index (κ2) is 9.54. The lowest BCUT2D eigenvalue weighted by atomic mass is 10.0. The number of amides is 1. The van der Waals surface area contributed by atoms with E-state index in [1.165, 1.54) is 16.4 Å². The van der Waals surface area contributed by atoms with Crippen LogP contribution in [0.3, 0.4) is 0 Å². The molecule has 1 aromatic rings. The van der Waals surface area contributed by atoms with Crippen molar-refractivity contribution < 1.29 is 17.9 Å². The minimum absolute atomic E-state index is 0.00379. The zero-order valence-electron chi connectivity index (χ0n) is 16.2. The van der Waals surface area contributed by atoms with E-state index in [1.54, 1.807) is 6.07 Å². The van der Waals surface area contributed by atoms with Gasteiger partial charge in [-0.05, 0) is 37.0 Å². The number of ether oxygens (including phenoxy) is 1. The third-order valence-electron chi connectivity index (χ3n) is 5.25. The summed E-state index contributed by atoms with van der Waals surface area (Å²) in [6, 6.07) is 4.43. The molecule has 0 bridgehead atoms. The summed E-state index contributed by atoms with van der Waals surface area (Å²) in [6.07, 6.45) is 1.85. The molecule has 28 heavy (non-hydrogen) atoms. The zero-order chi connectivity index (χ0) is 20.1. The summed E-state index contributed by atoms with van der Waals surface area (Å²) < 4.78 is 32.9. The monoisotopic (exact) mass is 429 g/mol. The number of carbonyl (C=O) groups is 1. The van der Waals surface area contributed by atoms with E-state index >= 15 is 0 Å². The van der Waals surface area contributed by atoms with E-state index in [2.05, 4.69) is 10.2 Å². The van der Waals surface area contributed by atoms with Crippen LogP contribution in [0.4, 0.5) is 0 Å². The Balaban J connectivity index is 1.67. The maximum absolute atomic E-state index is 13.0. The van der Waals surface area contributed by atoms with Crippen LogP contribution >= 0.6 is 11.6 Å². The minimum Gasteiger partial charge on any atom is -0.379 e. The Kier molecular flexibility index (Phi) is 7.33. The van der Waals surface area contributed by atoms with E-state index in [4.69, 9.17) is 16.3 Å². The average molecular weight is 430 g/mol. The van der Waals surface area contributed by atoms with Crippen LogP contribution in [0, 0.1) is 5.92 Å². The molecule has 2 fully saturated rings. The third-order valence-corrected chi connectivity index (χ3v) is 7.59. The Morgan fingerprint density at radius 1 is 1.29 bits per heavy atom. The smallest absolute Gasteiger partial charge is 0.251 e. The first kappa shape index (κ1) is 21.5. The molecule has 0 aromatic heterocycles. The predicted octanol–water partition coefficient (Wildman–Crippen LogP) is 1.82. The lowest BCUT2D eigenvalue weighted by molar-refractivity contribution is 0.0383. The number of nitrogens with one attached hydrogen (secondary N) is 1. The number of nitrogens with zero attached hydrogens (tertiary/aromatic N) is 2. The molecule has 156 valence electrons. The van der Waals surface area contributed by atoms with Gasteiger partial charge in [0.25, 0.3) is 5.91 Å². The number of carbonyl (C=O) groups excluding carboxylic acids is 1. The van der Waals surface area contributed by atoms with Gasteiger partial charge < -0.3 is 10.1 Å². The highest BCUT2D eigenvalue weighted by atomic mass is 35.5. The van der Waals surface area contributed by atoms with Crippen LogP contribution in [0.1, 0.15) is 30.1 Å². The lowest BCUT2D eigenvalue weighted by Crippen LogP contribution is -2.41. The van der Waals surface area contributed by atoms with Crippen molar-refractivity contribution in [2.45, 2.75) is 24.7 Å². The maximum Gasteiger partial charge on any atom is 0.251 e. The number of halogens is 1. The maximum atomic E-state index is 13.0. The Bertz CT molecular complexity index is 796. The molecule has 0 spiro atoms. The Morgan fingerprint density at radius 3 is 2.75 bits per heavy atom. The summed E-state index contributed by atoms with van der Waals surface area (Å²) in [5, 5.41) is 3.00. The first-order valence-corrected chi connectivity index (χ1v) is 11.6. The predicted molar refractivity (Wildman–Crippen MR) is 108 cm³/mol. The number of piperidine rings is 1. The molecule has 1 N–H and O–H groups in total. The van der Waals surface area contributed by atoms with Gasteiger partial charge in [-0.15, -0.1) is 0 Å². The summed E-state index contributed by atoms with van der Waals surface area (Å²) in [7, 11) is -3.72. The number of benzene rings is 1. The number of rotatable bonds is 6. The van der Waals surface area contributed by atoms with Crippen LogP contribution in [0.2, 0.25) is 5.02 Å². The van der Waals surface area contributed by atoms with E-state index in [0.717, 1.165) is 32.5 Å². The molecule has 1 amide bonds. The summed E-state index contributed by atoms with van der Waals surface area (Å²) in [6.45, 7) is 7.37. The van der Waals surface area contributed by atoms with E-state index in [9.17, 15) is 13.2 Å². The molecule has 3 rings (SSSR count). The molecular formula is C19H28ClN3O4S. The molecule has 1 aromatic carbocycles. The van der Waals surface area contributed by atoms with Gasteiger partial charge in [-0.2, -0.15) is 4.31 Å². The van der Waals surface area contributed by atoms with Crippen molar-refractivity contribution in [1.29, 1.82) is 0 Å². The largest absolute Gasteiger partial charge is 0.379 e. The second-order valence-electron chi connectivity index (χ2n) is 7.47. The van der Waals surface area contributed by atoms with Crippen molar-refractivity contribution >= 4 is 27.5 Å². The quantitative estimate of drug-likeness (QED) is 0.746. The van der Waals surface area contributed by atoms with Crippen LogP contribution in [-0.2, 0) is 14.8 Å². The Morgan fingerprint density at radius 2 is 2.04 bits per heavy atom. The van der Waals surface area contributed by atoms with Gasteiger partial charge in [0, 0.05) is 44.8 Å². The summed E-state index contributed by atoms with van der Waals surface area (Å²) in [5.74, 6) is 0.0161.